The molecular weight excluding hydrogens is 288 g/mol. The van der Waals surface area contributed by atoms with Gasteiger partial charge in [-0.1, -0.05) is 25.0 Å². The van der Waals surface area contributed by atoms with Crippen molar-refractivity contribution >= 4 is 15.7 Å². The Morgan fingerprint density at radius 3 is 2.81 bits per heavy atom. The second kappa shape index (κ2) is 5.94. The fourth-order valence-corrected chi connectivity index (χ4v) is 5.25. The van der Waals surface area contributed by atoms with Crippen molar-refractivity contribution in [1.29, 1.82) is 0 Å². The van der Waals surface area contributed by atoms with E-state index in [4.69, 9.17) is 4.74 Å². The van der Waals surface area contributed by atoms with Crippen molar-refractivity contribution in [1.82, 2.24) is 4.31 Å². The number of ether oxygens (including phenoxy) is 1. The summed E-state index contributed by atoms with van der Waals surface area (Å²) in [6.45, 7) is 0.934. The molecule has 1 heterocycles. The Labute approximate surface area is 126 Å². The van der Waals surface area contributed by atoms with E-state index in [1.165, 1.54) is 0 Å². The number of para-hydroxylation sites is 1. The first-order valence-corrected chi connectivity index (χ1v) is 8.99. The van der Waals surface area contributed by atoms with E-state index in [0.29, 0.717) is 23.7 Å². The Balaban J connectivity index is 1.96. The van der Waals surface area contributed by atoms with Crippen LogP contribution in [0.3, 0.4) is 0 Å². The lowest BCUT2D eigenvalue weighted by Gasteiger charge is -2.42. The monoisotopic (exact) mass is 310 g/mol. The molecule has 2 aliphatic rings. The molecule has 5 nitrogen and oxygen atoms in total. The maximum atomic E-state index is 13.1. The summed E-state index contributed by atoms with van der Waals surface area (Å²) in [4.78, 5) is 0.360. The first-order valence-electron chi connectivity index (χ1n) is 7.55. The van der Waals surface area contributed by atoms with Crippen molar-refractivity contribution in [3.05, 3.63) is 24.3 Å². The molecule has 2 fully saturated rings. The van der Waals surface area contributed by atoms with Crippen LogP contribution in [0.1, 0.15) is 25.7 Å². The highest BCUT2D eigenvalue weighted by molar-refractivity contribution is 7.89. The van der Waals surface area contributed by atoms with Crippen LogP contribution in [0.4, 0.5) is 5.69 Å². The lowest BCUT2D eigenvalue weighted by atomic mass is 9.91. The molecule has 2 unspecified atom stereocenters. The minimum Gasteiger partial charge on any atom is -0.387 e. The molecule has 3 rings (SSSR count). The van der Waals surface area contributed by atoms with E-state index in [0.717, 1.165) is 25.7 Å². The van der Waals surface area contributed by atoms with Crippen molar-refractivity contribution in [2.45, 2.75) is 42.7 Å². The van der Waals surface area contributed by atoms with Crippen LogP contribution in [-0.4, -0.2) is 45.1 Å². The van der Waals surface area contributed by atoms with E-state index in [1.807, 2.05) is 6.07 Å². The molecule has 2 atom stereocenters. The van der Waals surface area contributed by atoms with Crippen LogP contribution < -0.4 is 5.32 Å². The Morgan fingerprint density at radius 2 is 2.00 bits per heavy atom. The molecule has 1 aromatic rings. The summed E-state index contributed by atoms with van der Waals surface area (Å²) in [7, 11) is -1.74. The zero-order valence-corrected chi connectivity index (χ0v) is 13.1. The first kappa shape index (κ1) is 14.8. The molecule has 6 heteroatoms. The normalized spacial score (nSPS) is 27.1. The minimum absolute atomic E-state index is 0.0117. The lowest BCUT2D eigenvalue weighted by molar-refractivity contribution is -0.0586. The third-order valence-electron chi connectivity index (χ3n) is 4.42. The van der Waals surface area contributed by atoms with Crippen LogP contribution in [0.25, 0.3) is 0 Å². The van der Waals surface area contributed by atoms with Gasteiger partial charge in [0, 0.05) is 13.6 Å². The van der Waals surface area contributed by atoms with Crippen LogP contribution in [0.5, 0.6) is 0 Å². The maximum Gasteiger partial charge on any atom is 0.245 e. The molecule has 1 saturated heterocycles. The highest BCUT2D eigenvalue weighted by Gasteiger charge is 2.41. The van der Waals surface area contributed by atoms with Crippen LogP contribution >= 0.6 is 0 Å². The molecule has 0 aromatic heterocycles. The fraction of sp³-hybridized carbons (Fsp3) is 0.600. The van der Waals surface area contributed by atoms with Gasteiger partial charge in [0.25, 0.3) is 0 Å². The van der Waals surface area contributed by atoms with Crippen molar-refractivity contribution in [3.63, 3.8) is 0 Å². The standard InChI is InChI=1S/C15H22N2O3S/c1-16-12-6-2-5-9-15(12)21(18,19)17-10-11-20-14-8-4-3-7-13(14)17/h2,5-6,9,13-14,16H,3-4,7-8,10-11H2,1H3. The lowest BCUT2D eigenvalue weighted by Crippen LogP contribution is -2.54. The average molecular weight is 310 g/mol. The first-order chi connectivity index (χ1) is 10.1. The third-order valence-corrected chi connectivity index (χ3v) is 6.41. The van der Waals surface area contributed by atoms with Gasteiger partial charge in [-0.25, -0.2) is 8.42 Å². The maximum absolute atomic E-state index is 13.1. The quantitative estimate of drug-likeness (QED) is 0.928. The summed E-state index contributed by atoms with van der Waals surface area (Å²) in [6.07, 6.45) is 4.12. The molecule has 1 saturated carbocycles. The minimum atomic E-state index is -3.48. The van der Waals surface area contributed by atoms with Gasteiger partial charge in [-0.15, -0.1) is 0 Å². The number of nitrogens with zero attached hydrogens (tertiary/aromatic N) is 1. The van der Waals surface area contributed by atoms with Gasteiger partial charge in [-0.3, -0.25) is 0 Å². The van der Waals surface area contributed by atoms with Gasteiger partial charge in [-0.2, -0.15) is 4.31 Å². The smallest absolute Gasteiger partial charge is 0.245 e. The summed E-state index contributed by atoms with van der Waals surface area (Å²) >= 11 is 0. The highest BCUT2D eigenvalue weighted by atomic mass is 32.2. The highest BCUT2D eigenvalue weighted by Crippen LogP contribution is 2.34. The van der Waals surface area contributed by atoms with Crippen molar-refractivity contribution < 1.29 is 13.2 Å². The van der Waals surface area contributed by atoms with E-state index < -0.39 is 10.0 Å². The van der Waals surface area contributed by atoms with Crippen LogP contribution in [0.2, 0.25) is 0 Å². The summed E-state index contributed by atoms with van der Waals surface area (Å²) in [5.41, 5.74) is 0.649. The largest absolute Gasteiger partial charge is 0.387 e. The number of morpholine rings is 1. The van der Waals surface area contributed by atoms with Gasteiger partial charge in [-0.05, 0) is 25.0 Å². The van der Waals surface area contributed by atoms with Gasteiger partial charge in [0.15, 0.2) is 0 Å². The van der Waals surface area contributed by atoms with Crippen molar-refractivity contribution in [3.8, 4) is 0 Å². The number of anilines is 1. The zero-order chi connectivity index (χ0) is 14.9. The molecule has 0 amide bonds. The molecule has 1 aliphatic heterocycles. The SMILES string of the molecule is CNc1ccccc1S(=O)(=O)N1CCOC2CCCCC21. The Hall–Kier alpha value is -1.11. The van der Waals surface area contributed by atoms with Crippen LogP contribution in [0.15, 0.2) is 29.2 Å². The zero-order valence-electron chi connectivity index (χ0n) is 12.3. The molecular formula is C15H22N2O3S. The third kappa shape index (κ3) is 2.67. The van der Waals surface area contributed by atoms with Crippen molar-refractivity contribution in [2.75, 3.05) is 25.5 Å². The van der Waals surface area contributed by atoms with E-state index in [-0.39, 0.29) is 12.1 Å². The Morgan fingerprint density at radius 1 is 1.24 bits per heavy atom. The van der Waals surface area contributed by atoms with Gasteiger partial charge < -0.3 is 10.1 Å². The molecule has 21 heavy (non-hydrogen) atoms. The number of sulfonamides is 1. The fourth-order valence-electron chi connectivity index (χ4n) is 3.38. The molecule has 0 bridgehead atoms. The summed E-state index contributed by atoms with van der Waals surface area (Å²) in [5, 5.41) is 2.98. The van der Waals surface area contributed by atoms with Gasteiger partial charge >= 0.3 is 0 Å². The number of nitrogens with one attached hydrogen (secondary N) is 1. The van der Waals surface area contributed by atoms with E-state index in [2.05, 4.69) is 5.32 Å². The van der Waals surface area contributed by atoms with Gasteiger partial charge in [0.1, 0.15) is 4.90 Å². The summed E-state index contributed by atoms with van der Waals surface area (Å²) in [5.74, 6) is 0. The topological polar surface area (TPSA) is 58.6 Å². The van der Waals surface area contributed by atoms with E-state index >= 15 is 0 Å². The number of rotatable bonds is 3. The molecule has 116 valence electrons. The number of fused-ring (bicyclic) bond motifs is 1. The second-order valence-electron chi connectivity index (χ2n) is 5.62. The van der Waals surface area contributed by atoms with E-state index in [1.54, 1.807) is 29.6 Å². The summed E-state index contributed by atoms with van der Waals surface area (Å²) < 4.78 is 33.5. The number of benzene rings is 1. The second-order valence-corrected chi connectivity index (χ2v) is 7.48. The molecule has 1 aromatic carbocycles. The number of hydrogen-bond donors (Lipinski definition) is 1. The average Bonchev–Trinajstić information content (AvgIpc) is 2.54. The Bertz CT molecular complexity index is 601. The van der Waals surface area contributed by atoms with Crippen molar-refractivity contribution in [2.24, 2.45) is 0 Å². The van der Waals surface area contributed by atoms with Gasteiger partial charge in [0.2, 0.25) is 10.0 Å². The molecule has 0 radical (unpaired) electrons. The predicted molar refractivity (Wildman–Crippen MR) is 81.9 cm³/mol. The number of hydrogen-bond acceptors (Lipinski definition) is 4. The summed E-state index contributed by atoms with van der Waals surface area (Å²) in [6, 6.07) is 7.07. The molecule has 1 aliphatic carbocycles. The van der Waals surface area contributed by atoms with Crippen LogP contribution in [-0.2, 0) is 14.8 Å². The predicted octanol–water partition coefficient (Wildman–Crippen LogP) is 2.06. The molecule has 0 spiro atoms. The van der Waals surface area contributed by atoms with Crippen LogP contribution in [0, 0.1) is 0 Å². The molecule has 1 N–H and O–H groups in total. The van der Waals surface area contributed by atoms with E-state index in [9.17, 15) is 8.42 Å². The van der Waals surface area contributed by atoms with Gasteiger partial charge in [0.05, 0.1) is 24.4 Å². The Kier molecular flexibility index (Phi) is 4.19.